The highest BCUT2D eigenvalue weighted by Gasteiger charge is 2.81. The lowest BCUT2D eigenvalue weighted by atomic mass is 9.38. The predicted molar refractivity (Wildman–Crippen MR) is 198 cm³/mol. The van der Waals surface area contributed by atoms with Crippen LogP contribution >= 0.6 is 0 Å². The Morgan fingerprint density at radius 1 is 1.02 bits per heavy atom. The Hall–Kier alpha value is -2.40. The largest absolute Gasteiger partial charge is 0.396 e. The van der Waals surface area contributed by atoms with Crippen molar-refractivity contribution in [1.82, 2.24) is 10.2 Å². The minimum absolute atomic E-state index is 0.0179. The van der Waals surface area contributed by atoms with E-state index in [-0.39, 0.29) is 55.9 Å². The molecular formula is C43H58N2O11. The van der Waals surface area contributed by atoms with Crippen molar-refractivity contribution >= 4 is 11.7 Å². The van der Waals surface area contributed by atoms with E-state index >= 15 is 0 Å². The third-order valence-corrected chi connectivity index (χ3v) is 17.2. The average Bonchev–Trinajstić information content (AvgIpc) is 3.75. The molecule has 0 aromatic heterocycles. The molecular weight excluding hydrogens is 720 g/mol. The Labute approximate surface area is 328 Å². The second-order valence-corrected chi connectivity index (χ2v) is 19.3. The standard InChI is InChI=1S/C43H58N2O11/c1-36-13-9-26(55-19-7-18-54-4)20-29(36)30(47)21-31-39(36)10-5-8-25-23-45(25)35(49)40-11-6-12-41(16-17-42(31,51)37(41,2)14-15-39)38(3,50)43(52,53)33-28(24-46)27(22-40)32(56-33)34(48)44-40/h21,25-29,32-34,44,46,48,50-53H,7-9,11,13-20,22-24H2,1-4H3. The number of fused-ring (bicyclic) bond motifs is 4. The number of rotatable bonds is 6. The predicted octanol–water partition coefficient (Wildman–Crippen LogP) is 0.521. The van der Waals surface area contributed by atoms with Gasteiger partial charge >= 0.3 is 0 Å². The number of hydrogen-bond acceptors (Lipinski definition) is 12. The minimum atomic E-state index is -3.06. The molecule has 10 rings (SSSR count). The molecule has 13 nitrogen and oxygen atoms in total. The van der Waals surface area contributed by atoms with E-state index in [2.05, 4.69) is 35.9 Å². The monoisotopic (exact) mass is 778 g/mol. The Morgan fingerprint density at radius 3 is 2.55 bits per heavy atom. The number of allylic oxidation sites excluding steroid dienone is 1. The molecule has 5 aliphatic heterocycles. The van der Waals surface area contributed by atoms with E-state index in [4.69, 9.17) is 14.2 Å². The SMILES string of the molecule is COCCCOC1CCC2(C)C(C1)C(=O)C=C1C3(O)CCC45C#CCC6(CC7C(CO)C(OC7C(O)N6)C(O)(O)C4(C)O)C(=O)N4CC4CC#CC12CCC35C. The highest BCUT2D eigenvalue weighted by molar-refractivity contribution is 5.96. The van der Waals surface area contributed by atoms with Crippen molar-refractivity contribution in [2.45, 2.75) is 145 Å². The highest BCUT2D eigenvalue weighted by Crippen LogP contribution is 2.77. The van der Waals surface area contributed by atoms with Crippen molar-refractivity contribution in [2.24, 2.45) is 39.4 Å². The fraction of sp³-hybridized carbons (Fsp3) is 0.814. The number of carbonyl (C=O) groups excluding carboxylic acids is 2. The van der Waals surface area contributed by atoms with Gasteiger partial charge in [-0.25, -0.2) is 0 Å². The summed E-state index contributed by atoms with van der Waals surface area (Å²) in [4.78, 5) is 31.0. The van der Waals surface area contributed by atoms with Crippen LogP contribution in [-0.4, -0.2) is 134 Å². The van der Waals surface area contributed by atoms with Gasteiger partial charge in [0, 0.05) is 63.6 Å². The molecule has 7 N–H and O–H groups in total. The number of nitrogens with zero attached hydrogens (tertiary/aromatic N) is 1. The highest BCUT2D eigenvalue weighted by atomic mass is 16.6. The van der Waals surface area contributed by atoms with Gasteiger partial charge in [0.25, 0.3) is 0 Å². The molecule has 0 aromatic carbocycles. The number of amides is 1. The first-order valence-corrected chi connectivity index (χ1v) is 20.7. The molecule has 3 saturated carbocycles. The van der Waals surface area contributed by atoms with Gasteiger partial charge in [-0.1, -0.05) is 25.7 Å². The number of nitrogens with one attached hydrogen (secondary N) is 1. The lowest BCUT2D eigenvalue weighted by molar-refractivity contribution is -0.356. The number of piperidine rings is 1. The molecule has 3 spiro atoms. The summed E-state index contributed by atoms with van der Waals surface area (Å²) in [5.74, 6) is 8.26. The average molecular weight is 779 g/mol. The van der Waals surface area contributed by atoms with Gasteiger partial charge in [-0.05, 0) is 87.7 Å². The molecule has 306 valence electrons. The third-order valence-electron chi connectivity index (χ3n) is 17.2. The molecule has 6 fully saturated rings. The number of carbonyl (C=O) groups is 2. The van der Waals surface area contributed by atoms with Gasteiger partial charge in [0.1, 0.15) is 29.6 Å². The maximum atomic E-state index is 14.7. The van der Waals surface area contributed by atoms with E-state index in [0.717, 1.165) is 6.42 Å². The van der Waals surface area contributed by atoms with E-state index < -0.39 is 87.0 Å². The topological polar surface area (TPSA) is 198 Å². The zero-order valence-electron chi connectivity index (χ0n) is 33.0. The van der Waals surface area contributed by atoms with Crippen molar-refractivity contribution in [3.8, 4) is 23.7 Å². The summed E-state index contributed by atoms with van der Waals surface area (Å²) in [5.41, 5.74) is -9.90. The molecule has 10 aliphatic rings. The summed E-state index contributed by atoms with van der Waals surface area (Å²) in [6.07, 6.45) is 1.27. The summed E-state index contributed by atoms with van der Waals surface area (Å²) >= 11 is 0. The normalized spacial score (nSPS) is 52.0. The van der Waals surface area contributed by atoms with Gasteiger partial charge in [0.15, 0.2) is 5.78 Å². The van der Waals surface area contributed by atoms with Crippen LogP contribution in [0.15, 0.2) is 11.6 Å². The number of aliphatic hydroxyl groups is 6. The van der Waals surface area contributed by atoms with Crippen LogP contribution in [0.3, 0.4) is 0 Å². The summed E-state index contributed by atoms with van der Waals surface area (Å²) in [5, 5.41) is 77.1. The van der Waals surface area contributed by atoms with Gasteiger partial charge < -0.3 is 49.7 Å². The van der Waals surface area contributed by atoms with E-state index in [9.17, 15) is 40.2 Å². The van der Waals surface area contributed by atoms with Crippen LogP contribution < -0.4 is 5.32 Å². The molecule has 0 aromatic rings. The molecule has 0 radical (unpaired) electrons. The molecule has 15 unspecified atom stereocenters. The van der Waals surface area contributed by atoms with Crippen molar-refractivity contribution in [1.29, 1.82) is 0 Å². The van der Waals surface area contributed by atoms with Crippen LogP contribution in [0.5, 0.6) is 0 Å². The summed E-state index contributed by atoms with van der Waals surface area (Å²) in [7, 11) is 1.66. The zero-order valence-corrected chi connectivity index (χ0v) is 33.0. The molecule has 15 atom stereocenters. The number of aliphatic hydroxyl groups excluding tert-OH is 2. The molecule has 3 saturated heterocycles. The summed E-state index contributed by atoms with van der Waals surface area (Å²) < 4.78 is 17.7. The van der Waals surface area contributed by atoms with Crippen LogP contribution in [0.25, 0.3) is 0 Å². The molecule has 5 aliphatic carbocycles. The van der Waals surface area contributed by atoms with E-state index in [1.54, 1.807) is 18.1 Å². The summed E-state index contributed by atoms with van der Waals surface area (Å²) in [6, 6.07) is -0.199. The van der Waals surface area contributed by atoms with E-state index in [1.165, 1.54) is 6.92 Å². The van der Waals surface area contributed by atoms with Crippen molar-refractivity contribution < 1.29 is 54.4 Å². The zero-order chi connectivity index (χ0) is 39.9. The van der Waals surface area contributed by atoms with Crippen LogP contribution in [-0.2, 0) is 23.8 Å². The first-order valence-electron chi connectivity index (χ1n) is 20.7. The van der Waals surface area contributed by atoms with E-state index in [0.29, 0.717) is 57.4 Å². The smallest absolute Gasteiger partial charge is 0.244 e. The Balaban J connectivity index is 1.24. The molecule has 13 heteroatoms. The van der Waals surface area contributed by atoms with E-state index in [1.807, 2.05) is 6.92 Å². The fourth-order valence-corrected chi connectivity index (χ4v) is 13.7. The van der Waals surface area contributed by atoms with Crippen LogP contribution in [0, 0.1) is 63.1 Å². The molecule has 5 heterocycles. The Bertz CT molecular complexity index is 1860. The number of hydrogen-bond donors (Lipinski definition) is 7. The fourth-order valence-electron chi connectivity index (χ4n) is 13.7. The maximum absolute atomic E-state index is 14.7. The van der Waals surface area contributed by atoms with Crippen molar-refractivity contribution in [2.75, 3.05) is 33.5 Å². The number of methoxy groups -OCH3 is 1. The summed E-state index contributed by atoms with van der Waals surface area (Å²) in [6.45, 7) is 6.27. The molecule has 56 heavy (non-hydrogen) atoms. The maximum Gasteiger partial charge on any atom is 0.244 e. The van der Waals surface area contributed by atoms with Gasteiger partial charge in [0.2, 0.25) is 11.7 Å². The second kappa shape index (κ2) is 12.6. The quantitative estimate of drug-likeness (QED) is 0.0856. The minimum Gasteiger partial charge on any atom is -0.396 e. The third kappa shape index (κ3) is 4.70. The first kappa shape index (κ1) is 39.1. The number of ketones is 1. The second-order valence-electron chi connectivity index (χ2n) is 19.3. The Kier molecular flexibility index (Phi) is 8.76. The molecule has 7 bridgehead atoms. The molecule has 1 amide bonds. The van der Waals surface area contributed by atoms with Crippen LogP contribution in [0.2, 0.25) is 0 Å². The van der Waals surface area contributed by atoms with Gasteiger partial charge in [-0.3, -0.25) is 14.9 Å². The lowest BCUT2D eigenvalue weighted by Crippen LogP contribution is -2.73. The van der Waals surface area contributed by atoms with Crippen LogP contribution in [0.1, 0.15) is 91.4 Å². The van der Waals surface area contributed by atoms with Gasteiger partial charge in [-0.15, -0.1) is 11.8 Å². The Morgan fingerprint density at radius 2 is 1.80 bits per heavy atom. The first-order chi connectivity index (χ1) is 26.4. The van der Waals surface area contributed by atoms with Crippen LogP contribution in [0.4, 0.5) is 0 Å². The van der Waals surface area contributed by atoms with Crippen molar-refractivity contribution in [3.63, 3.8) is 0 Å². The lowest BCUT2D eigenvalue weighted by Gasteiger charge is -2.66. The number of ether oxygens (including phenoxy) is 3. The van der Waals surface area contributed by atoms with Gasteiger partial charge in [-0.2, -0.15) is 0 Å². The van der Waals surface area contributed by atoms with Crippen molar-refractivity contribution in [3.05, 3.63) is 11.6 Å². The van der Waals surface area contributed by atoms with Gasteiger partial charge in [0.05, 0.1) is 28.6 Å².